The summed E-state index contributed by atoms with van der Waals surface area (Å²) in [7, 11) is 0. The summed E-state index contributed by atoms with van der Waals surface area (Å²) in [5, 5.41) is 21.1. The fourth-order valence-corrected chi connectivity index (χ4v) is 4.06. The summed E-state index contributed by atoms with van der Waals surface area (Å²) < 4.78 is 0. The molecule has 0 N–H and O–H groups in total. The van der Waals surface area contributed by atoms with Gasteiger partial charge in [-0.05, 0) is 41.0 Å². The first-order chi connectivity index (χ1) is 15.0. The van der Waals surface area contributed by atoms with Gasteiger partial charge in [0, 0.05) is 49.5 Å². The maximum atomic E-state index is 11.3. The molecule has 3 aromatic carbocycles. The van der Waals surface area contributed by atoms with Crippen LogP contribution in [-0.4, -0.2) is 36.0 Å². The molecule has 3 aromatic rings. The van der Waals surface area contributed by atoms with Crippen molar-refractivity contribution >= 4 is 23.0 Å². The largest absolute Gasteiger partial charge is 0.369 e. The highest BCUT2D eigenvalue weighted by molar-refractivity contribution is 6.30. The second-order valence-corrected chi connectivity index (χ2v) is 7.93. The molecule has 0 aliphatic carbocycles. The van der Waals surface area contributed by atoms with Gasteiger partial charge in [0.2, 0.25) is 0 Å². The highest BCUT2D eigenvalue weighted by Crippen LogP contribution is 2.28. The molecule has 0 unspecified atom stereocenters. The fourth-order valence-electron chi connectivity index (χ4n) is 3.94. The van der Waals surface area contributed by atoms with E-state index < -0.39 is 4.92 Å². The van der Waals surface area contributed by atoms with Crippen molar-refractivity contribution in [2.75, 3.05) is 31.1 Å². The number of rotatable bonds is 5. The first-order valence-corrected chi connectivity index (χ1v) is 10.4. The molecule has 1 heterocycles. The summed E-state index contributed by atoms with van der Waals surface area (Å²) in [6.07, 6.45) is 0. The van der Waals surface area contributed by atoms with Crippen LogP contribution in [0.15, 0.2) is 66.7 Å². The lowest BCUT2D eigenvalue weighted by Gasteiger charge is -2.36. The Bertz CT molecular complexity index is 1130. The van der Waals surface area contributed by atoms with Crippen LogP contribution in [0.4, 0.5) is 11.4 Å². The topological polar surface area (TPSA) is 73.4 Å². The predicted molar refractivity (Wildman–Crippen MR) is 122 cm³/mol. The average Bonchev–Trinajstić information content (AvgIpc) is 2.80. The molecule has 1 fully saturated rings. The van der Waals surface area contributed by atoms with Crippen LogP contribution in [0, 0.1) is 21.4 Å². The summed E-state index contributed by atoms with van der Waals surface area (Å²) in [5.41, 5.74) is 4.33. The van der Waals surface area contributed by atoms with E-state index in [2.05, 4.69) is 28.0 Å². The van der Waals surface area contributed by atoms with Crippen LogP contribution in [0.25, 0.3) is 11.1 Å². The monoisotopic (exact) mass is 432 g/mol. The van der Waals surface area contributed by atoms with E-state index in [1.807, 2.05) is 36.4 Å². The predicted octanol–water partition coefficient (Wildman–Crippen LogP) is 5.11. The molecule has 0 aromatic heterocycles. The van der Waals surface area contributed by atoms with Crippen molar-refractivity contribution in [1.29, 1.82) is 5.26 Å². The molecule has 0 saturated carbocycles. The van der Waals surface area contributed by atoms with Gasteiger partial charge in [0.15, 0.2) is 0 Å². The van der Waals surface area contributed by atoms with Gasteiger partial charge >= 0.3 is 0 Å². The third-order valence-corrected chi connectivity index (χ3v) is 5.85. The summed E-state index contributed by atoms with van der Waals surface area (Å²) in [6, 6.07) is 23.0. The summed E-state index contributed by atoms with van der Waals surface area (Å²) in [4.78, 5) is 15.3. The molecule has 1 saturated heterocycles. The Labute approximate surface area is 186 Å². The average molecular weight is 433 g/mol. The van der Waals surface area contributed by atoms with Crippen molar-refractivity contribution < 1.29 is 4.92 Å². The third kappa shape index (κ3) is 4.69. The van der Waals surface area contributed by atoms with Crippen LogP contribution < -0.4 is 4.90 Å². The fraction of sp³-hybridized carbons (Fsp3) is 0.208. The zero-order valence-corrected chi connectivity index (χ0v) is 17.6. The van der Waals surface area contributed by atoms with Gasteiger partial charge in [-0.25, -0.2) is 0 Å². The number of benzene rings is 3. The zero-order valence-electron chi connectivity index (χ0n) is 16.9. The minimum absolute atomic E-state index is 0.0891. The van der Waals surface area contributed by atoms with E-state index in [0.717, 1.165) is 49.0 Å². The Hall–Kier alpha value is -3.40. The molecule has 0 spiro atoms. The smallest absolute Gasteiger partial charge is 0.289 e. The number of anilines is 1. The van der Waals surface area contributed by atoms with Crippen LogP contribution >= 0.6 is 11.6 Å². The Morgan fingerprint density at radius 3 is 2.39 bits per heavy atom. The highest BCUT2D eigenvalue weighted by Gasteiger charge is 2.21. The molecule has 0 radical (unpaired) electrons. The molecular weight excluding hydrogens is 412 g/mol. The number of nitriles is 1. The second kappa shape index (κ2) is 9.17. The van der Waals surface area contributed by atoms with Gasteiger partial charge in [-0.15, -0.1) is 0 Å². The van der Waals surface area contributed by atoms with E-state index in [0.29, 0.717) is 0 Å². The standard InChI is InChI=1S/C24H21ClN4O2/c25-21-8-5-18(6-9-21)23-4-2-1-3-20(23)17-27-11-13-28(14-12-27)22-10-7-19(16-26)24(15-22)29(30)31/h1-10,15H,11-14,17H2. The van der Waals surface area contributed by atoms with Gasteiger partial charge in [0.25, 0.3) is 5.69 Å². The van der Waals surface area contributed by atoms with Crippen molar-refractivity contribution in [3.63, 3.8) is 0 Å². The molecular formula is C24H21ClN4O2. The van der Waals surface area contributed by atoms with Crippen molar-refractivity contribution in [1.82, 2.24) is 4.90 Å². The van der Waals surface area contributed by atoms with E-state index >= 15 is 0 Å². The second-order valence-electron chi connectivity index (χ2n) is 7.50. The highest BCUT2D eigenvalue weighted by atomic mass is 35.5. The van der Waals surface area contributed by atoms with Crippen LogP contribution in [0.2, 0.25) is 5.02 Å². The van der Waals surface area contributed by atoms with Gasteiger partial charge in [0.05, 0.1) is 4.92 Å². The number of nitro benzene ring substituents is 1. The van der Waals surface area contributed by atoms with Gasteiger partial charge < -0.3 is 4.90 Å². The maximum Gasteiger partial charge on any atom is 0.289 e. The van der Waals surface area contributed by atoms with Crippen molar-refractivity contribution in [2.45, 2.75) is 6.54 Å². The molecule has 0 amide bonds. The molecule has 156 valence electrons. The number of nitro groups is 1. The van der Waals surface area contributed by atoms with E-state index in [1.165, 1.54) is 23.3 Å². The number of hydrogen-bond acceptors (Lipinski definition) is 5. The van der Waals surface area contributed by atoms with Gasteiger partial charge in [-0.3, -0.25) is 15.0 Å². The van der Waals surface area contributed by atoms with Gasteiger partial charge in [-0.2, -0.15) is 5.26 Å². The Balaban J connectivity index is 1.45. The summed E-state index contributed by atoms with van der Waals surface area (Å²) in [5.74, 6) is 0. The van der Waals surface area contributed by atoms with E-state index in [-0.39, 0.29) is 11.3 Å². The Kier molecular flexibility index (Phi) is 6.17. The molecule has 1 aliphatic heterocycles. The van der Waals surface area contributed by atoms with E-state index in [1.54, 1.807) is 6.07 Å². The Morgan fingerprint density at radius 1 is 1.00 bits per heavy atom. The van der Waals surface area contributed by atoms with Crippen molar-refractivity contribution in [3.05, 3.63) is 93.0 Å². The van der Waals surface area contributed by atoms with E-state index in [9.17, 15) is 10.1 Å². The molecule has 7 heteroatoms. The molecule has 6 nitrogen and oxygen atoms in total. The first-order valence-electron chi connectivity index (χ1n) is 10.0. The van der Waals surface area contributed by atoms with Gasteiger partial charge in [-0.1, -0.05) is 48.0 Å². The van der Waals surface area contributed by atoms with Crippen LogP contribution in [0.5, 0.6) is 0 Å². The van der Waals surface area contributed by atoms with Crippen LogP contribution in [0.3, 0.4) is 0 Å². The Morgan fingerprint density at radius 2 is 1.71 bits per heavy atom. The quantitative estimate of drug-likeness (QED) is 0.413. The normalized spacial score (nSPS) is 14.3. The van der Waals surface area contributed by atoms with Crippen LogP contribution in [0.1, 0.15) is 11.1 Å². The molecule has 0 atom stereocenters. The maximum absolute atomic E-state index is 11.3. The first kappa shape index (κ1) is 20.9. The molecule has 31 heavy (non-hydrogen) atoms. The molecule has 0 bridgehead atoms. The van der Waals surface area contributed by atoms with Gasteiger partial charge in [0.1, 0.15) is 11.6 Å². The lowest BCUT2D eigenvalue weighted by Crippen LogP contribution is -2.46. The number of piperazine rings is 1. The molecule has 4 rings (SSSR count). The zero-order chi connectivity index (χ0) is 21.8. The summed E-state index contributed by atoms with van der Waals surface area (Å²) >= 11 is 6.04. The van der Waals surface area contributed by atoms with Crippen LogP contribution in [-0.2, 0) is 6.54 Å². The molecule has 1 aliphatic rings. The number of nitrogens with zero attached hydrogens (tertiary/aromatic N) is 4. The van der Waals surface area contributed by atoms with E-state index in [4.69, 9.17) is 16.9 Å². The number of hydrogen-bond donors (Lipinski definition) is 0. The lowest BCUT2D eigenvalue weighted by molar-refractivity contribution is -0.385. The lowest BCUT2D eigenvalue weighted by atomic mass is 9.99. The SMILES string of the molecule is N#Cc1ccc(N2CCN(Cc3ccccc3-c3ccc(Cl)cc3)CC2)cc1[N+](=O)[O-]. The summed E-state index contributed by atoms with van der Waals surface area (Å²) in [6.45, 7) is 4.07. The van der Waals surface area contributed by atoms with Crippen molar-refractivity contribution in [2.24, 2.45) is 0 Å². The minimum Gasteiger partial charge on any atom is -0.369 e. The minimum atomic E-state index is -0.494. The van der Waals surface area contributed by atoms with Crippen molar-refractivity contribution in [3.8, 4) is 17.2 Å². The number of halogens is 1. The third-order valence-electron chi connectivity index (χ3n) is 5.60.